The zero-order valence-corrected chi connectivity index (χ0v) is 21.9. The summed E-state index contributed by atoms with van der Waals surface area (Å²) in [6.45, 7) is 8.36. The fourth-order valence-corrected chi connectivity index (χ4v) is 4.65. The highest BCUT2D eigenvalue weighted by molar-refractivity contribution is 7.80. The van der Waals surface area contributed by atoms with E-state index in [2.05, 4.69) is 121 Å². The molecule has 0 aliphatic carbocycles. The van der Waals surface area contributed by atoms with Gasteiger partial charge in [0.1, 0.15) is 5.82 Å². The van der Waals surface area contributed by atoms with Crippen LogP contribution in [0.15, 0.2) is 89.8 Å². The first-order valence-corrected chi connectivity index (χ1v) is 13.3. The highest BCUT2D eigenvalue weighted by atomic mass is 32.1. The number of aromatic nitrogens is 2. The summed E-state index contributed by atoms with van der Waals surface area (Å²) in [7, 11) is 0. The van der Waals surface area contributed by atoms with Gasteiger partial charge in [-0.3, -0.25) is 4.90 Å². The van der Waals surface area contributed by atoms with Crippen LogP contribution in [0.2, 0.25) is 0 Å². The third kappa shape index (κ3) is 6.65. The first-order chi connectivity index (χ1) is 17.2. The van der Waals surface area contributed by atoms with E-state index in [1.807, 2.05) is 0 Å². The Morgan fingerprint density at radius 2 is 1.37 bits per heavy atom. The van der Waals surface area contributed by atoms with Crippen LogP contribution in [0.3, 0.4) is 0 Å². The molecule has 4 heteroatoms. The minimum absolute atomic E-state index is 0.871. The predicted molar refractivity (Wildman–Crippen MR) is 151 cm³/mol. The highest BCUT2D eigenvalue weighted by Gasteiger charge is 2.21. The molecule has 4 rings (SSSR count). The molecule has 0 atom stereocenters. The van der Waals surface area contributed by atoms with Crippen molar-refractivity contribution in [1.29, 1.82) is 0 Å². The van der Waals surface area contributed by atoms with Crippen molar-refractivity contribution >= 4 is 12.6 Å². The summed E-state index contributed by atoms with van der Waals surface area (Å²) in [5.74, 6) is 1.07. The molecule has 0 radical (unpaired) electrons. The topological polar surface area (TPSA) is 21.1 Å². The molecule has 0 aliphatic heterocycles. The van der Waals surface area contributed by atoms with Gasteiger partial charge in [0.15, 0.2) is 0 Å². The summed E-state index contributed by atoms with van der Waals surface area (Å²) < 4.78 is 2.48. The molecule has 1 heterocycles. The van der Waals surface area contributed by atoms with Crippen LogP contribution in [0, 0.1) is 0 Å². The molecule has 3 nitrogen and oxygen atoms in total. The maximum absolute atomic E-state index is 5.28. The van der Waals surface area contributed by atoms with Gasteiger partial charge in [-0.05, 0) is 37.1 Å². The summed E-state index contributed by atoms with van der Waals surface area (Å²) >= 11 is 4.47. The van der Waals surface area contributed by atoms with Crippen molar-refractivity contribution in [3.63, 3.8) is 0 Å². The van der Waals surface area contributed by atoms with E-state index in [0.29, 0.717) is 0 Å². The number of hydrogen-bond acceptors (Lipinski definition) is 3. The standard InChI is InChI=1S/C31H37N3S/c1-3-5-21-33(23-25-17-19-28(35)20-18-25)24-29-30(26-13-9-7-10-14-26)32-31(34(29)22-6-4-2)27-15-11-8-12-16-27/h7-20,35H,3-6,21-24H2,1-2H3. The molecule has 4 aromatic rings. The van der Waals surface area contributed by atoms with Gasteiger partial charge < -0.3 is 4.57 Å². The van der Waals surface area contributed by atoms with Crippen LogP contribution in [0.1, 0.15) is 50.8 Å². The highest BCUT2D eigenvalue weighted by Crippen LogP contribution is 2.31. The normalized spacial score (nSPS) is 11.3. The molecule has 1 aromatic heterocycles. The monoisotopic (exact) mass is 483 g/mol. The lowest BCUT2D eigenvalue weighted by atomic mass is 10.1. The Balaban J connectivity index is 1.78. The van der Waals surface area contributed by atoms with E-state index >= 15 is 0 Å². The summed E-state index contributed by atoms with van der Waals surface area (Å²) in [6, 6.07) is 29.9. The molecule has 0 saturated heterocycles. The van der Waals surface area contributed by atoms with Crippen molar-refractivity contribution < 1.29 is 0 Å². The van der Waals surface area contributed by atoms with Gasteiger partial charge in [-0.25, -0.2) is 4.98 Å². The molecule has 0 N–H and O–H groups in total. The van der Waals surface area contributed by atoms with Crippen molar-refractivity contribution in [1.82, 2.24) is 14.5 Å². The second-order valence-electron chi connectivity index (χ2n) is 9.20. The molecule has 35 heavy (non-hydrogen) atoms. The molecular formula is C31H37N3S. The molecule has 3 aromatic carbocycles. The molecule has 0 bridgehead atoms. The third-order valence-electron chi connectivity index (χ3n) is 6.43. The Kier molecular flexibility index (Phi) is 9.21. The fourth-order valence-electron chi connectivity index (χ4n) is 4.51. The van der Waals surface area contributed by atoms with Crippen molar-refractivity contribution in [3.8, 4) is 22.6 Å². The van der Waals surface area contributed by atoms with E-state index in [-0.39, 0.29) is 0 Å². The number of hydrogen-bond donors (Lipinski definition) is 1. The average Bonchev–Trinajstić information content (AvgIpc) is 3.26. The minimum Gasteiger partial charge on any atom is -0.326 e. The van der Waals surface area contributed by atoms with Crippen LogP contribution in [-0.2, 0) is 19.6 Å². The second-order valence-corrected chi connectivity index (χ2v) is 9.72. The van der Waals surface area contributed by atoms with Crippen molar-refractivity contribution in [2.75, 3.05) is 6.54 Å². The van der Waals surface area contributed by atoms with Gasteiger partial charge >= 0.3 is 0 Å². The predicted octanol–water partition coefficient (Wildman–Crippen LogP) is 8.11. The Hall–Kier alpha value is -2.82. The van der Waals surface area contributed by atoms with Gasteiger partial charge in [0, 0.05) is 35.7 Å². The summed E-state index contributed by atoms with van der Waals surface area (Å²) in [6.07, 6.45) is 4.65. The lowest BCUT2D eigenvalue weighted by molar-refractivity contribution is 0.246. The fraction of sp³-hybridized carbons (Fsp3) is 0.323. The zero-order chi connectivity index (χ0) is 24.5. The summed E-state index contributed by atoms with van der Waals surface area (Å²) in [5.41, 5.74) is 6.10. The van der Waals surface area contributed by atoms with Gasteiger partial charge in [-0.15, -0.1) is 12.6 Å². The number of rotatable bonds is 12. The Morgan fingerprint density at radius 1 is 0.743 bits per heavy atom. The number of benzene rings is 3. The van der Waals surface area contributed by atoms with E-state index in [9.17, 15) is 0 Å². The number of thiol groups is 1. The Bertz CT molecular complexity index is 1170. The lowest BCUT2D eigenvalue weighted by Gasteiger charge is -2.24. The first kappa shape index (κ1) is 25.3. The largest absolute Gasteiger partial charge is 0.326 e. The van der Waals surface area contributed by atoms with Crippen LogP contribution < -0.4 is 0 Å². The molecule has 0 saturated carbocycles. The van der Waals surface area contributed by atoms with Gasteiger partial charge in [0.25, 0.3) is 0 Å². The van der Waals surface area contributed by atoms with Crippen molar-refractivity contribution in [2.45, 2.75) is 64.1 Å². The van der Waals surface area contributed by atoms with Crippen LogP contribution >= 0.6 is 12.6 Å². The van der Waals surface area contributed by atoms with Crippen LogP contribution in [0.5, 0.6) is 0 Å². The maximum atomic E-state index is 5.28. The van der Waals surface area contributed by atoms with Crippen LogP contribution in [0.25, 0.3) is 22.6 Å². The summed E-state index contributed by atoms with van der Waals surface area (Å²) in [4.78, 5) is 8.87. The lowest BCUT2D eigenvalue weighted by Crippen LogP contribution is -2.26. The van der Waals surface area contributed by atoms with Crippen LogP contribution in [-0.4, -0.2) is 21.0 Å². The number of unbranched alkanes of at least 4 members (excludes halogenated alkanes) is 2. The van der Waals surface area contributed by atoms with E-state index in [1.54, 1.807) is 0 Å². The number of nitrogens with zero attached hydrogens (tertiary/aromatic N) is 3. The molecule has 182 valence electrons. The van der Waals surface area contributed by atoms with E-state index in [0.717, 1.165) is 55.4 Å². The molecule has 0 aliphatic rings. The van der Waals surface area contributed by atoms with Gasteiger partial charge in [0.05, 0.1) is 11.4 Å². The van der Waals surface area contributed by atoms with Crippen molar-refractivity contribution in [3.05, 3.63) is 96.2 Å². The quantitative estimate of drug-likeness (QED) is 0.205. The molecule has 0 fully saturated rings. The first-order valence-electron chi connectivity index (χ1n) is 12.9. The van der Waals surface area contributed by atoms with E-state index in [1.165, 1.54) is 35.2 Å². The van der Waals surface area contributed by atoms with E-state index in [4.69, 9.17) is 4.98 Å². The average molecular weight is 484 g/mol. The van der Waals surface area contributed by atoms with Crippen LogP contribution in [0.4, 0.5) is 0 Å². The molecule has 0 amide bonds. The Morgan fingerprint density at radius 3 is 2.00 bits per heavy atom. The summed E-state index contributed by atoms with van der Waals surface area (Å²) in [5, 5.41) is 0. The SMILES string of the molecule is CCCCN(Cc1ccc(S)cc1)Cc1c(-c2ccccc2)nc(-c2ccccc2)n1CCCC. The van der Waals surface area contributed by atoms with E-state index < -0.39 is 0 Å². The van der Waals surface area contributed by atoms with Crippen molar-refractivity contribution in [2.24, 2.45) is 0 Å². The van der Waals surface area contributed by atoms with Gasteiger partial charge in [-0.2, -0.15) is 0 Å². The second kappa shape index (κ2) is 12.8. The Labute approximate surface area is 216 Å². The smallest absolute Gasteiger partial charge is 0.140 e. The minimum atomic E-state index is 0.871. The molecular weight excluding hydrogens is 446 g/mol. The number of imidazole rings is 1. The third-order valence-corrected chi connectivity index (χ3v) is 6.73. The maximum Gasteiger partial charge on any atom is 0.140 e. The van der Waals surface area contributed by atoms with Gasteiger partial charge in [-0.1, -0.05) is 99.5 Å². The molecule has 0 spiro atoms. The molecule has 0 unspecified atom stereocenters. The van der Waals surface area contributed by atoms with Gasteiger partial charge in [0.2, 0.25) is 0 Å². The zero-order valence-electron chi connectivity index (χ0n) is 21.0.